The summed E-state index contributed by atoms with van der Waals surface area (Å²) in [5, 5.41) is 0. The summed E-state index contributed by atoms with van der Waals surface area (Å²) < 4.78 is 24.0. The largest absolute Gasteiger partial charge is 0.471 e. The van der Waals surface area contributed by atoms with Crippen molar-refractivity contribution in [2.75, 3.05) is 6.61 Å². The van der Waals surface area contributed by atoms with E-state index in [2.05, 4.69) is 4.98 Å². The Kier molecular flexibility index (Phi) is 3.55. The molecule has 5 heteroatoms. The van der Waals surface area contributed by atoms with Crippen LogP contribution >= 0.6 is 0 Å². The third-order valence-corrected chi connectivity index (χ3v) is 2.72. The van der Waals surface area contributed by atoms with Gasteiger partial charge in [-0.05, 0) is 32.9 Å². The molecule has 0 bridgehead atoms. The van der Waals surface area contributed by atoms with E-state index in [-0.39, 0.29) is 17.8 Å². The molecule has 1 aromatic rings. The molecule has 1 aliphatic heterocycles. The predicted octanol–water partition coefficient (Wildman–Crippen LogP) is 2.51. The molecule has 0 saturated carbocycles. The summed E-state index contributed by atoms with van der Waals surface area (Å²) in [6, 6.07) is 1.65. The van der Waals surface area contributed by atoms with Crippen molar-refractivity contribution in [3.8, 4) is 5.88 Å². The molecule has 0 spiro atoms. The van der Waals surface area contributed by atoms with E-state index in [1.807, 2.05) is 13.8 Å². The number of halogens is 1. The summed E-state index contributed by atoms with van der Waals surface area (Å²) in [4.78, 5) is 15.0. The molecule has 0 fully saturated rings. The first-order valence-electron chi connectivity index (χ1n) is 6.14. The molecule has 102 valence electrons. The van der Waals surface area contributed by atoms with Crippen molar-refractivity contribution >= 4 is 12.0 Å². The van der Waals surface area contributed by atoms with Gasteiger partial charge in [0.25, 0.3) is 0 Å². The Morgan fingerprint density at radius 3 is 3.05 bits per heavy atom. The van der Waals surface area contributed by atoms with E-state index in [0.717, 1.165) is 5.56 Å². The van der Waals surface area contributed by atoms with Gasteiger partial charge in [0.05, 0.1) is 6.61 Å². The Bertz CT molecular complexity index is 538. The lowest BCUT2D eigenvalue weighted by Gasteiger charge is -2.15. The molecular formula is C14H16FNO3. The van der Waals surface area contributed by atoms with Gasteiger partial charge in [0.2, 0.25) is 11.8 Å². The number of pyridine rings is 1. The van der Waals surface area contributed by atoms with Gasteiger partial charge in [-0.15, -0.1) is 0 Å². The number of nitrogens with zero attached hydrogens (tertiary/aromatic N) is 1. The zero-order chi connectivity index (χ0) is 14.0. The minimum absolute atomic E-state index is 0.258. The van der Waals surface area contributed by atoms with Crippen LogP contribution in [0.15, 0.2) is 12.1 Å². The zero-order valence-electron chi connectivity index (χ0n) is 11.2. The lowest BCUT2D eigenvalue weighted by atomic mass is 10.0. The number of aromatic nitrogens is 1. The standard InChI is InChI=1S/C14H16FNO3/c1-4-18-11(17)6-5-9-7-10-8-14(2,3)19-13(10)16-12(9)15/h5-7H,4,8H2,1-3H3/b6-5+. The number of hydrogen-bond acceptors (Lipinski definition) is 4. The second-order valence-corrected chi connectivity index (χ2v) is 4.96. The van der Waals surface area contributed by atoms with Gasteiger partial charge in [-0.2, -0.15) is 9.37 Å². The summed E-state index contributed by atoms with van der Waals surface area (Å²) in [7, 11) is 0. The van der Waals surface area contributed by atoms with Gasteiger partial charge in [0.15, 0.2) is 0 Å². The Morgan fingerprint density at radius 1 is 1.63 bits per heavy atom. The van der Waals surface area contributed by atoms with E-state index in [9.17, 15) is 9.18 Å². The monoisotopic (exact) mass is 265 g/mol. The minimum Gasteiger partial charge on any atom is -0.471 e. The molecule has 0 N–H and O–H groups in total. The van der Waals surface area contributed by atoms with Crippen LogP contribution in [0.5, 0.6) is 5.88 Å². The highest BCUT2D eigenvalue weighted by atomic mass is 19.1. The molecule has 0 atom stereocenters. The van der Waals surface area contributed by atoms with Crippen LogP contribution in [-0.4, -0.2) is 23.2 Å². The van der Waals surface area contributed by atoms with E-state index >= 15 is 0 Å². The van der Waals surface area contributed by atoms with E-state index in [0.29, 0.717) is 12.3 Å². The van der Waals surface area contributed by atoms with E-state index < -0.39 is 11.9 Å². The molecule has 2 heterocycles. The smallest absolute Gasteiger partial charge is 0.330 e. The molecule has 4 nitrogen and oxygen atoms in total. The maximum Gasteiger partial charge on any atom is 0.330 e. The van der Waals surface area contributed by atoms with Gasteiger partial charge in [0.1, 0.15) is 5.60 Å². The predicted molar refractivity (Wildman–Crippen MR) is 68.3 cm³/mol. The average Bonchev–Trinajstić information content (AvgIpc) is 2.59. The highest BCUT2D eigenvalue weighted by Crippen LogP contribution is 2.34. The summed E-state index contributed by atoms with van der Waals surface area (Å²) in [6.45, 7) is 5.83. The summed E-state index contributed by atoms with van der Waals surface area (Å²) in [6.07, 6.45) is 3.22. The molecule has 0 amide bonds. The number of hydrogen-bond donors (Lipinski definition) is 0. The van der Waals surface area contributed by atoms with Crippen LogP contribution in [0, 0.1) is 5.95 Å². The molecule has 0 radical (unpaired) electrons. The van der Waals surface area contributed by atoms with E-state index in [1.165, 1.54) is 12.2 Å². The molecule has 0 aromatic carbocycles. The Morgan fingerprint density at radius 2 is 2.37 bits per heavy atom. The number of ether oxygens (including phenoxy) is 2. The first kappa shape index (κ1) is 13.5. The number of carbonyl (C=O) groups is 1. The SMILES string of the molecule is CCOC(=O)/C=C/c1cc2c(nc1F)OC(C)(C)C2. The first-order valence-corrected chi connectivity index (χ1v) is 6.14. The Hall–Kier alpha value is -1.91. The molecule has 1 aromatic heterocycles. The topological polar surface area (TPSA) is 48.4 Å². The van der Waals surface area contributed by atoms with Crippen molar-refractivity contribution in [3.05, 3.63) is 29.2 Å². The quantitative estimate of drug-likeness (QED) is 0.478. The third kappa shape index (κ3) is 3.10. The lowest BCUT2D eigenvalue weighted by molar-refractivity contribution is -0.137. The van der Waals surface area contributed by atoms with Crippen molar-refractivity contribution in [3.63, 3.8) is 0 Å². The van der Waals surface area contributed by atoms with Gasteiger partial charge in [-0.1, -0.05) is 0 Å². The maximum atomic E-state index is 13.7. The number of esters is 1. The lowest BCUT2D eigenvalue weighted by Crippen LogP contribution is -2.24. The molecule has 0 aliphatic carbocycles. The van der Waals surface area contributed by atoms with Crippen molar-refractivity contribution in [2.45, 2.75) is 32.8 Å². The first-order chi connectivity index (χ1) is 8.91. The number of carbonyl (C=O) groups excluding carboxylic acids is 1. The molecule has 0 saturated heterocycles. The summed E-state index contributed by atoms with van der Waals surface area (Å²) in [5.41, 5.74) is 0.730. The normalized spacial score (nSPS) is 16.2. The van der Waals surface area contributed by atoms with Crippen molar-refractivity contribution in [2.24, 2.45) is 0 Å². The molecule has 0 unspecified atom stereocenters. The van der Waals surface area contributed by atoms with Gasteiger partial charge in [0, 0.05) is 23.6 Å². The second kappa shape index (κ2) is 4.99. The molecular weight excluding hydrogens is 249 g/mol. The highest BCUT2D eigenvalue weighted by Gasteiger charge is 2.32. The number of fused-ring (bicyclic) bond motifs is 1. The van der Waals surface area contributed by atoms with E-state index in [1.54, 1.807) is 13.0 Å². The third-order valence-electron chi connectivity index (χ3n) is 2.72. The van der Waals surface area contributed by atoms with Crippen molar-refractivity contribution in [1.29, 1.82) is 0 Å². The maximum absolute atomic E-state index is 13.7. The van der Waals surface area contributed by atoms with Gasteiger partial charge >= 0.3 is 5.97 Å². The van der Waals surface area contributed by atoms with Crippen LogP contribution in [0.25, 0.3) is 6.08 Å². The van der Waals surface area contributed by atoms with Crippen LogP contribution in [0.1, 0.15) is 31.9 Å². The van der Waals surface area contributed by atoms with E-state index in [4.69, 9.17) is 9.47 Å². The van der Waals surface area contributed by atoms with Gasteiger partial charge in [-0.3, -0.25) is 0 Å². The number of rotatable bonds is 3. The van der Waals surface area contributed by atoms with Crippen LogP contribution in [0.4, 0.5) is 4.39 Å². The molecule has 19 heavy (non-hydrogen) atoms. The van der Waals surface area contributed by atoms with Crippen LogP contribution < -0.4 is 4.74 Å². The van der Waals surface area contributed by atoms with Gasteiger partial charge in [-0.25, -0.2) is 4.79 Å². The molecule has 1 aliphatic rings. The van der Waals surface area contributed by atoms with Crippen molar-refractivity contribution in [1.82, 2.24) is 4.98 Å². The van der Waals surface area contributed by atoms with Crippen LogP contribution in [0.2, 0.25) is 0 Å². The van der Waals surface area contributed by atoms with Crippen LogP contribution in [0.3, 0.4) is 0 Å². The average molecular weight is 265 g/mol. The summed E-state index contributed by atoms with van der Waals surface area (Å²) in [5.74, 6) is -0.827. The summed E-state index contributed by atoms with van der Waals surface area (Å²) >= 11 is 0. The van der Waals surface area contributed by atoms with Gasteiger partial charge < -0.3 is 9.47 Å². The Balaban J connectivity index is 2.23. The fourth-order valence-corrected chi connectivity index (χ4v) is 1.97. The Labute approximate surface area is 111 Å². The van der Waals surface area contributed by atoms with Crippen LogP contribution in [-0.2, 0) is 16.0 Å². The fourth-order valence-electron chi connectivity index (χ4n) is 1.97. The highest BCUT2D eigenvalue weighted by molar-refractivity contribution is 5.87. The fraction of sp³-hybridized carbons (Fsp3) is 0.429. The second-order valence-electron chi connectivity index (χ2n) is 4.96. The molecule has 2 rings (SSSR count). The zero-order valence-corrected chi connectivity index (χ0v) is 11.2. The van der Waals surface area contributed by atoms with Crippen molar-refractivity contribution < 1.29 is 18.7 Å². The minimum atomic E-state index is -0.656.